The van der Waals surface area contributed by atoms with Gasteiger partial charge < -0.3 is 0 Å². The molecule has 0 aliphatic rings. The third-order valence-corrected chi connectivity index (χ3v) is 1.47. The van der Waals surface area contributed by atoms with Gasteiger partial charge in [0.25, 0.3) is 0 Å². The summed E-state index contributed by atoms with van der Waals surface area (Å²) in [6.07, 6.45) is 1.48. The van der Waals surface area contributed by atoms with Gasteiger partial charge >= 0.3 is 0 Å². The Kier molecular flexibility index (Phi) is 2.19. The standard InChI is InChI=1S/C5H3Cl2N3/c1-2-3-4(6)8-10-9-5(3)7/h2H,1H2. The number of rotatable bonds is 1. The fraction of sp³-hybridized carbons (Fsp3) is 0. The van der Waals surface area contributed by atoms with Crippen LogP contribution in [0.1, 0.15) is 5.56 Å². The van der Waals surface area contributed by atoms with E-state index >= 15 is 0 Å². The molecule has 0 saturated carbocycles. The van der Waals surface area contributed by atoms with Crippen molar-refractivity contribution in [1.82, 2.24) is 15.4 Å². The van der Waals surface area contributed by atoms with E-state index in [-0.39, 0.29) is 10.3 Å². The first-order valence-corrected chi connectivity index (χ1v) is 3.18. The third kappa shape index (κ3) is 1.25. The van der Waals surface area contributed by atoms with Crippen LogP contribution < -0.4 is 0 Å². The lowest BCUT2D eigenvalue weighted by Crippen LogP contribution is -1.91. The monoisotopic (exact) mass is 175 g/mol. The van der Waals surface area contributed by atoms with E-state index in [2.05, 4.69) is 22.0 Å². The van der Waals surface area contributed by atoms with Crippen LogP contribution >= 0.6 is 23.2 Å². The van der Waals surface area contributed by atoms with Gasteiger partial charge in [0, 0.05) is 0 Å². The molecule has 1 heterocycles. The van der Waals surface area contributed by atoms with Crippen LogP contribution in [-0.2, 0) is 0 Å². The minimum absolute atomic E-state index is 0.218. The summed E-state index contributed by atoms with van der Waals surface area (Å²) in [6.45, 7) is 3.48. The molecule has 0 spiro atoms. The van der Waals surface area contributed by atoms with Gasteiger partial charge in [0.05, 0.1) is 5.56 Å². The third-order valence-electron chi connectivity index (χ3n) is 0.914. The van der Waals surface area contributed by atoms with Gasteiger partial charge in [0.1, 0.15) is 0 Å². The van der Waals surface area contributed by atoms with E-state index in [9.17, 15) is 0 Å². The number of halogens is 2. The molecule has 0 radical (unpaired) electrons. The Hall–Kier alpha value is -0.670. The van der Waals surface area contributed by atoms with E-state index in [1.165, 1.54) is 6.08 Å². The molecule has 5 heteroatoms. The highest BCUT2D eigenvalue weighted by atomic mass is 35.5. The van der Waals surface area contributed by atoms with E-state index < -0.39 is 0 Å². The quantitative estimate of drug-likeness (QED) is 0.654. The minimum Gasteiger partial charge on any atom is -0.117 e. The zero-order valence-corrected chi connectivity index (χ0v) is 6.39. The first kappa shape index (κ1) is 7.44. The Balaban J connectivity index is 3.30. The fourth-order valence-electron chi connectivity index (χ4n) is 0.462. The molecule has 0 unspecified atom stereocenters. The van der Waals surface area contributed by atoms with Crippen LogP contribution in [0, 0.1) is 0 Å². The number of aromatic nitrogens is 3. The maximum absolute atomic E-state index is 5.56. The second-order valence-electron chi connectivity index (χ2n) is 1.49. The molecular weight excluding hydrogens is 173 g/mol. The van der Waals surface area contributed by atoms with Gasteiger partial charge in [0.15, 0.2) is 10.3 Å². The predicted octanol–water partition coefficient (Wildman–Crippen LogP) is 1.82. The molecule has 0 amide bonds. The molecule has 0 bridgehead atoms. The maximum Gasteiger partial charge on any atom is 0.163 e. The molecule has 0 aliphatic heterocycles. The van der Waals surface area contributed by atoms with Crippen molar-refractivity contribution in [3.8, 4) is 0 Å². The van der Waals surface area contributed by atoms with Crippen LogP contribution in [0.5, 0.6) is 0 Å². The maximum atomic E-state index is 5.56. The van der Waals surface area contributed by atoms with Crippen LogP contribution in [0.4, 0.5) is 0 Å². The van der Waals surface area contributed by atoms with Crippen LogP contribution in [-0.4, -0.2) is 15.4 Å². The molecule has 52 valence electrons. The molecular formula is C5H3Cl2N3. The van der Waals surface area contributed by atoms with Gasteiger partial charge in [-0.15, -0.1) is 10.2 Å². The summed E-state index contributed by atoms with van der Waals surface area (Å²) >= 11 is 11.1. The Bertz CT molecular complexity index is 241. The van der Waals surface area contributed by atoms with E-state index in [0.29, 0.717) is 5.56 Å². The number of hydrogen-bond donors (Lipinski definition) is 0. The van der Waals surface area contributed by atoms with Gasteiger partial charge in [-0.1, -0.05) is 35.9 Å². The largest absolute Gasteiger partial charge is 0.163 e. The molecule has 10 heavy (non-hydrogen) atoms. The van der Waals surface area contributed by atoms with Crippen LogP contribution in [0.15, 0.2) is 6.58 Å². The van der Waals surface area contributed by atoms with Crippen molar-refractivity contribution >= 4 is 29.3 Å². The smallest absolute Gasteiger partial charge is 0.117 e. The summed E-state index contributed by atoms with van der Waals surface area (Å²) < 4.78 is 0. The molecule has 1 aromatic rings. The number of hydrogen-bond acceptors (Lipinski definition) is 3. The Morgan fingerprint density at radius 3 is 2.00 bits per heavy atom. The Labute approximate surface area is 67.7 Å². The molecule has 0 aromatic carbocycles. The first-order valence-electron chi connectivity index (χ1n) is 2.42. The van der Waals surface area contributed by atoms with Crippen molar-refractivity contribution in [3.05, 3.63) is 22.4 Å². The average Bonchev–Trinajstić information content (AvgIpc) is 1.88. The van der Waals surface area contributed by atoms with E-state index in [1.807, 2.05) is 0 Å². The number of nitrogens with zero attached hydrogens (tertiary/aromatic N) is 3. The second-order valence-corrected chi connectivity index (χ2v) is 2.20. The summed E-state index contributed by atoms with van der Waals surface area (Å²) in [7, 11) is 0. The Morgan fingerprint density at radius 1 is 1.20 bits per heavy atom. The molecule has 0 aliphatic carbocycles. The minimum atomic E-state index is 0.218. The van der Waals surface area contributed by atoms with Crippen molar-refractivity contribution < 1.29 is 0 Å². The van der Waals surface area contributed by atoms with Crippen molar-refractivity contribution in [2.45, 2.75) is 0 Å². The molecule has 1 aromatic heterocycles. The highest BCUT2D eigenvalue weighted by Gasteiger charge is 2.03. The second kappa shape index (κ2) is 2.94. The van der Waals surface area contributed by atoms with Gasteiger partial charge in [-0.2, -0.15) is 0 Å². The molecule has 1 rings (SSSR count). The normalized spacial score (nSPS) is 9.40. The summed E-state index contributed by atoms with van der Waals surface area (Å²) in [4.78, 5) is 0. The van der Waals surface area contributed by atoms with Crippen molar-refractivity contribution in [3.63, 3.8) is 0 Å². The molecule has 3 nitrogen and oxygen atoms in total. The van der Waals surface area contributed by atoms with Crippen LogP contribution in [0.25, 0.3) is 6.08 Å². The molecule has 0 atom stereocenters. The first-order chi connectivity index (χ1) is 4.75. The lowest BCUT2D eigenvalue weighted by molar-refractivity contribution is 0.863. The SMILES string of the molecule is C=Cc1c(Cl)nnnc1Cl. The Morgan fingerprint density at radius 2 is 1.70 bits per heavy atom. The fourth-order valence-corrected chi connectivity index (χ4v) is 0.911. The van der Waals surface area contributed by atoms with Gasteiger partial charge in [-0.05, 0) is 5.21 Å². The highest BCUT2D eigenvalue weighted by molar-refractivity contribution is 6.35. The van der Waals surface area contributed by atoms with Crippen LogP contribution in [0.3, 0.4) is 0 Å². The van der Waals surface area contributed by atoms with E-state index in [0.717, 1.165) is 0 Å². The van der Waals surface area contributed by atoms with Crippen molar-refractivity contribution in [1.29, 1.82) is 0 Å². The molecule has 0 saturated heterocycles. The van der Waals surface area contributed by atoms with Crippen molar-refractivity contribution in [2.75, 3.05) is 0 Å². The average molecular weight is 176 g/mol. The van der Waals surface area contributed by atoms with Gasteiger partial charge in [-0.3, -0.25) is 0 Å². The van der Waals surface area contributed by atoms with Gasteiger partial charge in [-0.25, -0.2) is 0 Å². The van der Waals surface area contributed by atoms with E-state index in [4.69, 9.17) is 23.2 Å². The van der Waals surface area contributed by atoms with Crippen molar-refractivity contribution in [2.24, 2.45) is 0 Å². The topological polar surface area (TPSA) is 38.7 Å². The summed E-state index contributed by atoms with van der Waals surface area (Å²) in [5.74, 6) is 0. The lowest BCUT2D eigenvalue weighted by Gasteiger charge is -1.94. The molecule has 0 N–H and O–H groups in total. The zero-order chi connectivity index (χ0) is 7.56. The van der Waals surface area contributed by atoms with Crippen LogP contribution in [0.2, 0.25) is 10.3 Å². The summed E-state index contributed by atoms with van der Waals surface area (Å²) in [5.41, 5.74) is 0.512. The highest BCUT2D eigenvalue weighted by Crippen LogP contribution is 2.18. The lowest BCUT2D eigenvalue weighted by atomic mass is 10.3. The summed E-state index contributed by atoms with van der Waals surface area (Å²) in [5, 5.41) is 10.6. The van der Waals surface area contributed by atoms with E-state index in [1.54, 1.807) is 0 Å². The predicted molar refractivity (Wildman–Crippen MR) is 39.9 cm³/mol. The zero-order valence-electron chi connectivity index (χ0n) is 4.88. The molecule has 0 fully saturated rings. The summed E-state index contributed by atoms with van der Waals surface area (Å²) in [6, 6.07) is 0. The van der Waals surface area contributed by atoms with Gasteiger partial charge in [0.2, 0.25) is 0 Å².